The third-order valence-corrected chi connectivity index (χ3v) is 4.58. The number of carbonyl (C=O) groups excluding carboxylic acids is 3. The summed E-state index contributed by atoms with van der Waals surface area (Å²) in [5, 5.41) is 6.41. The van der Waals surface area contributed by atoms with Crippen molar-refractivity contribution in [2.24, 2.45) is 18.5 Å². The lowest BCUT2D eigenvalue weighted by Crippen LogP contribution is -2.21. The van der Waals surface area contributed by atoms with E-state index in [-0.39, 0.29) is 16.5 Å². The van der Waals surface area contributed by atoms with E-state index in [4.69, 9.17) is 11.5 Å². The van der Waals surface area contributed by atoms with Gasteiger partial charge >= 0.3 is 6.03 Å². The summed E-state index contributed by atoms with van der Waals surface area (Å²) in [4.78, 5) is 35.1. The van der Waals surface area contributed by atoms with Gasteiger partial charge < -0.3 is 21.4 Å². The van der Waals surface area contributed by atoms with Crippen LogP contribution in [0.1, 0.15) is 20.7 Å². The lowest BCUT2D eigenvalue weighted by atomic mass is 10.1. The molecule has 9 heteroatoms. The average molecular weight is 357 g/mol. The SMILES string of the molecule is Cn1cc(C(=O)Nc2cc(C(N)=O)c(NC(N)=O)s2)c2ccccc21. The topological polar surface area (TPSA) is 132 Å². The summed E-state index contributed by atoms with van der Waals surface area (Å²) in [5.41, 5.74) is 11.9. The number of rotatable bonds is 4. The molecule has 8 nitrogen and oxygen atoms in total. The van der Waals surface area contributed by atoms with Gasteiger partial charge in [0.15, 0.2) is 0 Å². The molecule has 2 heterocycles. The molecule has 0 aliphatic rings. The van der Waals surface area contributed by atoms with Crippen LogP contribution in [0, 0.1) is 0 Å². The fraction of sp³-hybridized carbons (Fsp3) is 0.0625. The van der Waals surface area contributed by atoms with Crippen molar-refractivity contribution in [2.75, 3.05) is 10.6 Å². The highest BCUT2D eigenvalue weighted by Crippen LogP contribution is 2.32. The summed E-state index contributed by atoms with van der Waals surface area (Å²) in [6.45, 7) is 0. The first-order valence-corrected chi connectivity index (χ1v) is 8.04. The minimum Gasteiger partial charge on any atom is -0.366 e. The Balaban J connectivity index is 1.92. The minimum atomic E-state index is -0.823. The molecule has 0 bridgehead atoms. The van der Waals surface area contributed by atoms with Crippen LogP contribution in [0.2, 0.25) is 0 Å². The molecule has 0 saturated heterocycles. The van der Waals surface area contributed by atoms with E-state index in [0.29, 0.717) is 10.6 Å². The number of nitrogens with zero attached hydrogens (tertiary/aromatic N) is 1. The number of hydrogen-bond donors (Lipinski definition) is 4. The van der Waals surface area contributed by atoms with Gasteiger partial charge in [0.2, 0.25) is 0 Å². The number of nitrogens with two attached hydrogens (primary N) is 2. The van der Waals surface area contributed by atoms with E-state index in [1.54, 1.807) is 6.20 Å². The molecule has 3 rings (SSSR count). The standard InChI is InChI=1S/C16H15N5O3S/c1-21-7-10(8-4-2-3-5-11(8)21)14(23)19-12-6-9(13(17)22)15(25-12)20-16(18)24/h2-7H,1H3,(H2,17,22)(H,19,23)(H3,18,20,24). The number of aromatic nitrogens is 1. The Hall–Kier alpha value is -3.33. The number of nitrogens with one attached hydrogen (secondary N) is 2. The summed E-state index contributed by atoms with van der Waals surface area (Å²) < 4.78 is 1.85. The van der Waals surface area contributed by atoms with Gasteiger partial charge in [-0.1, -0.05) is 29.5 Å². The van der Waals surface area contributed by atoms with Gasteiger partial charge in [-0.25, -0.2) is 4.79 Å². The zero-order valence-electron chi connectivity index (χ0n) is 13.2. The molecule has 0 radical (unpaired) electrons. The van der Waals surface area contributed by atoms with Gasteiger partial charge in [0.1, 0.15) is 5.00 Å². The van der Waals surface area contributed by atoms with Gasteiger partial charge in [-0.15, -0.1) is 0 Å². The number of aryl methyl sites for hydroxylation is 1. The maximum absolute atomic E-state index is 12.6. The summed E-state index contributed by atoms with van der Waals surface area (Å²) in [6.07, 6.45) is 1.73. The van der Waals surface area contributed by atoms with Crippen molar-refractivity contribution in [1.82, 2.24) is 4.57 Å². The van der Waals surface area contributed by atoms with Crippen LogP contribution < -0.4 is 22.1 Å². The van der Waals surface area contributed by atoms with E-state index >= 15 is 0 Å². The number of fused-ring (bicyclic) bond motifs is 1. The van der Waals surface area contributed by atoms with Crippen molar-refractivity contribution in [1.29, 1.82) is 0 Å². The molecule has 0 aliphatic carbocycles. The number of anilines is 2. The smallest absolute Gasteiger partial charge is 0.317 e. The van der Waals surface area contributed by atoms with Crippen LogP contribution >= 0.6 is 11.3 Å². The summed E-state index contributed by atoms with van der Waals surface area (Å²) in [6, 6.07) is 8.09. The monoisotopic (exact) mass is 357 g/mol. The van der Waals surface area contributed by atoms with Crippen LogP contribution in [0.5, 0.6) is 0 Å². The molecule has 0 aliphatic heterocycles. The molecule has 25 heavy (non-hydrogen) atoms. The molecular formula is C16H15N5O3S. The summed E-state index contributed by atoms with van der Waals surface area (Å²) >= 11 is 1.000. The second-order valence-electron chi connectivity index (χ2n) is 5.33. The summed E-state index contributed by atoms with van der Waals surface area (Å²) in [5.74, 6) is -1.06. The van der Waals surface area contributed by atoms with Crippen LogP contribution in [0.4, 0.5) is 14.8 Å². The first kappa shape index (κ1) is 16.5. The zero-order valence-corrected chi connectivity index (χ0v) is 14.0. The van der Waals surface area contributed by atoms with Gasteiger partial charge in [-0.2, -0.15) is 0 Å². The van der Waals surface area contributed by atoms with Crippen molar-refractivity contribution in [2.45, 2.75) is 0 Å². The number of thiophene rings is 1. The number of urea groups is 1. The predicted molar refractivity (Wildman–Crippen MR) is 96.9 cm³/mol. The van der Waals surface area contributed by atoms with E-state index in [1.807, 2.05) is 35.9 Å². The Kier molecular flexibility index (Phi) is 4.15. The number of para-hydroxylation sites is 1. The van der Waals surface area contributed by atoms with Crippen LogP contribution in [-0.4, -0.2) is 22.4 Å². The van der Waals surface area contributed by atoms with Crippen molar-refractivity contribution >= 4 is 50.1 Å². The highest BCUT2D eigenvalue weighted by Gasteiger charge is 2.18. The van der Waals surface area contributed by atoms with E-state index in [1.165, 1.54) is 6.07 Å². The number of primary amides is 2. The number of benzene rings is 1. The largest absolute Gasteiger partial charge is 0.366 e. The molecule has 6 N–H and O–H groups in total. The second-order valence-corrected chi connectivity index (χ2v) is 6.38. The molecule has 0 spiro atoms. The van der Waals surface area contributed by atoms with E-state index in [0.717, 1.165) is 22.2 Å². The molecular weight excluding hydrogens is 342 g/mol. The summed E-state index contributed by atoms with van der Waals surface area (Å²) in [7, 11) is 1.85. The third kappa shape index (κ3) is 3.17. The van der Waals surface area contributed by atoms with Gasteiger partial charge in [-0.05, 0) is 12.1 Å². The van der Waals surface area contributed by atoms with Crippen LogP contribution in [0.3, 0.4) is 0 Å². The Morgan fingerprint density at radius 3 is 2.48 bits per heavy atom. The minimum absolute atomic E-state index is 0.0806. The van der Waals surface area contributed by atoms with E-state index in [9.17, 15) is 14.4 Å². The lowest BCUT2D eigenvalue weighted by molar-refractivity contribution is 0.0997. The zero-order chi connectivity index (χ0) is 18.1. The normalized spacial score (nSPS) is 10.6. The maximum atomic E-state index is 12.6. The van der Waals surface area contributed by atoms with Crippen LogP contribution in [0.15, 0.2) is 36.5 Å². The van der Waals surface area contributed by atoms with Crippen molar-refractivity contribution in [3.8, 4) is 0 Å². The fourth-order valence-electron chi connectivity index (χ4n) is 2.54. The molecule has 0 saturated carbocycles. The Morgan fingerprint density at radius 2 is 1.80 bits per heavy atom. The van der Waals surface area contributed by atoms with Gasteiger partial charge in [0, 0.05) is 24.1 Å². The molecule has 0 atom stereocenters. The Bertz CT molecular complexity index is 1000. The highest BCUT2D eigenvalue weighted by atomic mass is 32.1. The molecule has 128 valence electrons. The molecule has 0 unspecified atom stereocenters. The van der Waals surface area contributed by atoms with E-state index in [2.05, 4.69) is 10.6 Å². The van der Waals surface area contributed by atoms with Gasteiger partial charge in [0.05, 0.1) is 16.1 Å². The molecule has 3 aromatic rings. The number of hydrogen-bond acceptors (Lipinski definition) is 4. The second kappa shape index (κ2) is 6.29. The van der Waals surface area contributed by atoms with Gasteiger partial charge in [-0.3, -0.25) is 14.9 Å². The van der Waals surface area contributed by atoms with Crippen molar-refractivity contribution in [3.05, 3.63) is 47.7 Å². The number of amides is 4. The fourth-order valence-corrected chi connectivity index (χ4v) is 3.50. The van der Waals surface area contributed by atoms with Gasteiger partial charge in [0.25, 0.3) is 11.8 Å². The highest BCUT2D eigenvalue weighted by molar-refractivity contribution is 7.20. The maximum Gasteiger partial charge on any atom is 0.317 e. The lowest BCUT2D eigenvalue weighted by Gasteiger charge is -2.01. The molecule has 0 fully saturated rings. The van der Waals surface area contributed by atoms with Crippen LogP contribution in [0.25, 0.3) is 10.9 Å². The molecule has 2 aromatic heterocycles. The Morgan fingerprint density at radius 1 is 1.08 bits per heavy atom. The molecule has 1 aromatic carbocycles. The quantitative estimate of drug-likeness (QED) is 0.570. The third-order valence-electron chi connectivity index (χ3n) is 3.61. The van der Waals surface area contributed by atoms with E-state index < -0.39 is 11.9 Å². The molecule has 4 amide bonds. The van der Waals surface area contributed by atoms with Crippen molar-refractivity contribution < 1.29 is 14.4 Å². The first-order valence-electron chi connectivity index (χ1n) is 7.22. The first-order chi connectivity index (χ1) is 11.9. The van der Waals surface area contributed by atoms with Crippen molar-refractivity contribution in [3.63, 3.8) is 0 Å². The van der Waals surface area contributed by atoms with Crippen LogP contribution in [-0.2, 0) is 7.05 Å². The Labute approximate surface area is 146 Å². The predicted octanol–water partition coefficient (Wildman–Crippen LogP) is 2.08. The average Bonchev–Trinajstić information content (AvgIpc) is 3.09. The number of carbonyl (C=O) groups is 3.